The van der Waals surface area contributed by atoms with E-state index in [-0.39, 0.29) is 51.0 Å². The van der Waals surface area contributed by atoms with Crippen LogP contribution in [0.15, 0.2) is 84.9 Å². The average molecular weight is 637 g/mol. The summed E-state index contributed by atoms with van der Waals surface area (Å²) < 4.78 is 0. The van der Waals surface area contributed by atoms with Crippen molar-refractivity contribution < 1.29 is 51.0 Å². The van der Waals surface area contributed by atoms with E-state index in [0.717, 1.165) is 11.8 Å². The Bertz CT molecular complexity index is 1090. The van der Waals surface area contributed by atoms with E-state index in [1.165, 1.54) is 60.8 Å². The molecule has 0 aromatic heterocycles. The Morgan fingerprint density at radius 1 is 0.615 bits per heavy atom. The van der Waals surface area contributed by atoms with Gasteiger partial charge in [-0.05, 0) is 0 Å². The molecule has 0 spiro atoms. The standard InChI is InChI=1S/C14H12.2C11H15.2ClH.Zr/c1-3-7-13(8-4-1)11-12-14-9-5-2-6-10-14;2*1-8-6-10-5-3-4-9(2)11(10)7-8;;;/h1-12H;2*6-7,9H,3-5H2,1-2H3;2*1H;/q-2;2*-1;;;+2/p-2. The van der Waals surface area contributed by atoms with Gasteiger partial charge in [-0.25, -0.2) is 36.1 Å². The normalized spacial score (nSPS) is 16.5. The molecule has 0 saturated carbocycles. The fraction of sp³-hybridized carbons (Fsp3) is 0.333. The summed E-state index contributed by atoms with van der Waals surface area (Å²) in [5.41, 5.74) is 11.8. The van der Waals surface area contributed by atoms with Crippen LogP contribution in [0.1, 0.15) is 95.9 Å². The van der Waals surface area contributed by atoms with Gasteiger partial charge < -0.3 is 24.8 Å². The zero-order chi connectivity index (χ0) is 25.3. The van der Waals surface area contributed by atoms with E-state index in [0.29, 0.717) is 0 Å². The SMILES string of the molecule is Cc1cc2c([cH-]1)CCCC2C.Cc1cc2c([cH-]1)CCCC2C.[Cl-].[Cl-].[Zr+2].c1ccc([CH-][CH-]c2ccccc2)cc1. The minimum absolute atomic E-state index is 0. The van der Waals surface area contributed by atoms with Gasteiger partial charge >= 0.3 is 26.2 Å². The number of fused-ring (bicyclic) bond motifs is 2. The molecule has 39 heavy (non-hydrogen) atoms. The average Bonchev–Trinajstić information content (AvgIpc) is 3.48. The molecule has 0 N–H and O–H groups in total. The monoisotopic (exact) mass is 634 g/mol. The first-order valence-corrected chi connectivity index (χ1v) is 13.8. The molecule has 208 valence electrons. The molecule has 0 amide bonds. The van der Waals surface area contributed by atoms with Crippen LogP contribution in [0.5, 0.6) is 0 Å². The number of halogens is 2. The molecule has 0 saturated heterocycles. The summed E-state index contributed by atoms with van der Waals surface area (Å²) in [5.74, 6) is 1.62. The van der Waals surface area contributed by atoms with Crippen LogP contribution in [0.3, 0.4) is 0 Å². The van der Waals surface area contributed by atoms with Gasteiger partial charge in [0.25, 0.3) is 0 Å². The Morgan fingerprint density at radius 2 is 0.974 bits per heavy atom. The second-order valence-corrected chi connectivity index (χ2v) is 10.8. The van der Waals surface area contributed by atoms with Crippen LogP contribution >= 0.6 is 0 Å². The van der Waals surface area contributed by atoms with Gasteiger partial charge in [0.1, 0.15) is 0 Å². The number of aryl methyl sites for hydroxylation is 4. The van der Waals surface area contributed by atoms with Crippen molar-refractivity contribution in [2.45, 2.75) is 78.1 Å². The van der Waals surface area contributed by atoms with Crippen molar-refractivity contribution in [2.75, 3.05) is 0 Å². The van der Waals surface area contributed by atoms with Gasteiger partial charge in [-0.1, -0.05) is 90.2 Å². The van der Waals surface area contributed by atoms with E-state index in [1.807, 2.05) is 36.4 Å². The van der Waals surface area contributed by atoms with Gasteiger partial charge in [-0.3, -0.25) is 0 Å². The zero-order valence-corrected chi connectivity index (χ0v) is 27.9. The Morgan fingerprint density at radius 3 is 1.31 bits per heavy atom. The van der Waals surface area contributed by atoms with E-state index < -0.39 is 0 Å². The van der Waals surface area contributed by atoms with Crippen molar-refractivity contribution in [1.29, 1.82) is 0 Å². The molecule has 0 aliphatic heterocycles. The topological polar surface area (TPSA) is 0 Å². The third-order valence-corrected chi connectivity index (χ3v) is 7.61. The van der Waals surface area contributed by atoms with Gasteiger partial charge in [0, 0.05) is 0 Å². The van der Waals surface area contributed by atoms with Crippen LogP contribution in [-0.2, 0) is 39.0 Å². The molecule has 4 aromatic carbocycles. The predicted octanol–water partition coefficient (Wildman–Crippen LogP) is 3.80. The zero-order valence-electron chi connectivity index (χ0n) is 23.9. The second-order valence-electron chi connectivity index (χ2n) is 10.8. The van der Waals surface area contributed by atoms with Gasteiger partial charge in [0.05, 0.1) is 0 Å². The summed E-state index contributed by atoms with van der Waals surface area (Å²) in [4.78, 5) is 0. The molecule has 3 heteroatoms. The van der Waals surface area contributed by atoms with E-state index >= 15 is 0 Å². The van der Waals surface area contributed by atoms with Gasteiger partial charge in [-0.2, -0.15) is 69.8 Å². The van der Waals surface area contributed by atoms with Crippen molar-refractivity contribution in [3.8, 4) is 0 Å². The van der Waals surface area contributed by atoms with Gasteiger partial charge in [0.15, 0.2) is 0 Å². The first-order valence-electron chi connectivity index (χ1n) is 13.8. The minimum atomic E-state index is 0. The Balaban J connectivity index is 0.000000284. The maximum atomic E-state index is 2.36. The summed E-state index contributed by atoms with van der Waals surface area (Å²) in [5, 5.41) is 0. The van der Waals surface area contributed by atoms with Crippen molar-refractivity contribution in [1.82, 2.24) is 0 Å². The van der Waals surface area contributed by atoms with E-state index in [1.54, 1.807) is 22.3 Å². The van der Waals surface area contributed by atoms with Crippen LogP contribution < -0.4 is 24.8 Å². The maximum Gasteiger partial charge on any atom is 2.00 e. The molecule has 6 rings (SSSR count). The van der Waals surface area contributed by atoms with Crippen molar-refractivity contribution in [3.05, 3.63) is 142 Å². The smallest absolute Gasteiger partial charge is 1.00 e. The predicted molar refractivity (Wildman–Crippen MR) is 156 cm³/mol. The fourth-order valence-corrected chi connectivity index (χ4v) is 5.66. The van der Waals surface area contributed by atoms with E-state index in [9.17, 15) is 0 Å². The number of hydrogen-bond donors (Lipinski definition) is 0. The molecular formula is C36H42Cl2Zr-4. The fourth-order valence-electron chi connectivity index (χ4n) is 5.66. The molecule has 2 aliphatic carbocycles. The molecule has 0 heterocycles. The molecule has 0 fully saturated rings. The van der Waals surface area contributed by atoms with Gasteiger partial charge in [-0.15, -0.1) is 24.3 Å². The third kappa shape index (κ3) is 10.7. The van der Waals surface area contributed by atoms with Crippen LogP contribution in [0, 0.1) is 26.7 Å². The Hall–Kier alpha value is -1.66. The molecular weight excluding hydrogens is 595 g/mol. The summed E-state index contributed by atoms with van der Waals surface area (Å²) in [6.45, 7) is 9.09. The molecule has 0 bridgehead atoms. The largest absolute Gasteiger partial charge is 2.00 e. The third-order valence-electron chi connectivity index (χ3n) is 7.61. The molecule has 2 atom stereocenters. The molecule has 2 aliphatic rings. The van der Waals surface area contributed by atoms with Crippen molar-refractivity contribution in [3.63, 3.8) is 0 Å². The maximum absolute atomic E-state index is 2.36. The number of hydrogen-bond acceptors (Lipinski definition) is 0. The van der Waals surface area contributed by atoms with Crippen LogP contribution in [0.2, 0.25) is 0 Å². The van der Waals surface area contributed by atoms with Gasteiger partial charge in [0.2, 0.25) is 0 Å². The first kappa shape index (κ1) is 35.4. The quantitative estimate of drug-likeness (QED) is 0.301. The number of benzene rings is 2. The van der Waals surface area contributed by atoms with E-state index in [4.69, 9.17) is 0 Å². The molecule has 2 unspecified atom stereocenters. The Labute approximate surface area is 269 Å². The number of rotatable bonds is 3. The van der Waals surface area contributed by atoms with Crippen LogP contribution in [-0.4, -0.2) is 0 Å². The van der Waals surface area contributed by atoms with Crippen LogP contribution in [0.4, 0.5) is 0 Å². The summed E-state index contributed by atoms with van der Waals surface area (Å²) in [6.07, 6.45) is 12.4. The summed E-state index contributed by atoms with van der Waals surface area (Å²) in [7, 11) is 0. The summed E-state index contributed by atoms with van der Waals surface area (Å²) in [6, 6.07) is 30.1. The van der Waals surface area contributed by atoms with Crippen molar-refractivity contribution >= 4 is 0 Å². The minimum Gasteiger partial charge on any atom is -1.00 e. The summed E-state index contributed by atoms with van der Waals surface area (Å²) >= 11 is 0. The first-order chi connectivity index (χ1) is 17.5. The molecule has 4 aromatic rings. The second kappa shape index (κ2) is 17.9. The molecule has 0 radical (unpaired) electrons. The Kier molecular flexibility index (Phi) is 16.2. The molecule has 0 nitrogen and oxygen atoms in total. The van der Waals surface area contributed by atoms with Crippen LogP contribution in [0.25, 0.3) is 0 Å². The van der Waals surface area contributed by atoms with Crippen molar-refractivity contribution in [2.24, 2.45) is 0 Å². The van der Waals surface area contributed by atoms with E-state index in [2.05, 4.69) is 89.1 Å².